The van der Waals surface area contributed by atoms with Crippen LogP contribution in [0.2, 0.25) is 0 Å². The highest BCUT2D eigenvalue weighted by Crippen LogP contribution is 2.41. The zero-order valence-corrected chi connectivity index (χ0v) is 18.7. The lowest BCUT2D eigenvalue weighted by Gasteiger charge is -2.23. The minimum atomic E-state index is -2.58. The smallest absolute Gasteiger partial charge is 0.382 e. The highest BCUT2D eigenvalue weighted by molar-refractivity contribution is 7.45. The number of nitrogens with one attached hydrogen (secondary N) is 1. The lowest BCUT2D eigenvalue weighted by atomic mass is 9.93. The zero-order chi connectivity index (χ0) is 24.1. The summed E-state index contributed by atoms with van der Waals surface area (Å²) < 4.78 is 84.2. The van der Waals surface area contributed by atoms with Gasteiger partial charge in [-0.3, -0.25) is 4.79 Å². The summed E-state index contributed by atoms with van der Waals surface area (Å²) in [7, 11) is -2.58. The highest BCUT2D eigenvalue weighted by atomic mass is 31.2. The van der Waals surface area contributed by atoms with Crippen molar-refractivity contribution < 1.29 is 40.5 Å². The third kappa shape index (κ3) is 7.03. The van der Waals surface area contributed by atoms with E-state index in [1.54, 1.807) is 18.2 Å². The lowest BCUT2D eigenvalue weighted by molar-refractivity contribution is -0.145. The zero-order valence-electron chi connectivity index (χ0n) is 17.8. The summed E-state index contributed by atoms with van der Waals surface area (Å²) in [5.74, 6) is -13.0. The van der Waals surface area contributed by atoms with Crippen LogP contribution in [0.1, 0.15) is 34.1 Å². The van der Waals surface area contributed by atoms with Gasteiger partial charge >= 0.3 is 14.5 Å². The Morgan fingerprint density at radius 1 is 0.938 bits per heavy atom. The molecule has 0 aliphatic heterocycles. The Morgan fingerprint density at radius 3 is 2.00 bits per heavy atom. The first-order valence-corrected chi connectivity index (χ1v) is 10.7. The van der Waals surface area contributed by atoms with E-state index in [-0.39, 0.29) is 17.8 Å². The molecule has 0 spiro atoms. The molecule has 0 saturated heterocycles. The van der Waals surface area contributed by atoms with Gasteiger partial charge in [0.2, 0.25) is 34.8 Å². The molecule has 1 N–H and O–H groups in total. The molecule has 0 fully saturated rings. The van der Waals surface area contributed by atoms with Crippen molar-refractivity contribution in [1.82, 2.24) is 5.09 Å². The monoisotopic (exact) mass is 479 g/mol. The number of benzene rings is 2. The van der Waals surface area contributed by atoms with E-state index in [0.29, 0.717) is 6.42 Å². The second-order valence-corrected chi connectivity index (χ2v) is 9.12. The summed E-state index contributed by atoms with van der Waals surface area (Å²) in [6.07, 6.45) is 0.585. The Morgan fingerprint density at radius 2 is 1.47 bits per heavy atom. The predicted octanol–water partition coefficient (Wildman–Crippen LogP) is 6.02. The number of hydrogen-bond donors (Lipinski definition) is 1. The molecular formula is C21H23F5NO4P. The Kier molecular flexibility index (Phi) is 8.81. The van der Waals surface area contributed by atoms with Crippen molar-refractivity contribution in [3.63, 3.8) is 0 Å². The van der Waals surface area contributed by atoms with Crippen molar-refractivity contribution in [1.29, 1.82) is 0 Å². The molecule has 0 aromatic heterocycles. The van der Waals surface area contributed by atoms with E-state index in [9.17, 15) is 26.7 Å². The maximum absolute atomic E-state index is 14.1. The fourth-order valence-corrected chi connectivity index (χ4v) is 3.39. The van der Waals surface area contributed by atoms with E-state index in [1.807, 2.05) is 20.8 Å². The largest absolute Gasteiger partial charge is 0.465 e. The van der Waals surface area contributed by atoms with Gasteiger partial charge in [0.15, 0.2) is 0 Å². The van der Waals surface area contributed by atoms with Crippen molar-refractivity contribution in [3.8, 4) is 11.5 Å². The molecule has 176 valence electrons. The number of rotatable bonds is 9. The first kappa shape index (κ1) is 25.8. The van der Waals surface area contributed by atoms with Crippen molar-refractivity contribution in [2.75, 3.05) is 6.61 Å². The molecule has 32 heavy (non-hydrogen) atoms. The molecule has 0 heterocycles. The van der Waals surface area contributed by atoms with Crippen LogP contribution in [-0.4, -0.2) is 18.6 Å². The number of halogens is 5. The molecule has 1 unspecified atom stereocenters. The molecule has 0 aliphatic carbocycles. The summed E-state index contributed by atoms with van der Waals surface area (Å²) >= 11 is 0. The second-order valence-electron chi connectivity index (χ2n) is 7.98. The third-order valence-corrected chi connectivity index (χ3v) is 5.35. The van der Waals surface area contributed by atoms with Crippen LogP contribution >= 0.6 is 8.53 Å². The van der Waals surface area contributed by atoms with Gasteiger partial charge in [0.1, 0.15) is 11.8 Å². The minimum absolute atomic E-state index is 0.0745. The summed E-state index contributed by atoms with van der Waals surface area (Å²) in [4.78, 5) is 12.3. The summed E-state index contributed by atoms with van der Waals surface area (Å²) in [6.45, 7) is 7.41. The van der Waals surface area contributed by atoms with Crippen LogP contribution in [0.5, 0.6) is 11.5 Å². The van der Waals surface area contributed by atoms with Crippen LogP contribution in [-0.2, 0) is 9.53 Å². The van der Waals surface area contributed by atoms with Gasteiger partial charge in [-0.05, 0) is 30.9 Å². The van der Waals surface area contributed by atoms with Crippen LogP contribution in [0.4, 0.5) is 22.0 Å². The fraction of sp³-hybridized carbons (Fsp3) is 0.381. The van der Waals surface area contributed by atoms with E-state index in [4.69, 9.17) is 13.8 Å². The quantitative estimate of drug-likeness (QED) is 0.157. The Labute approximate surface area is 183 Å². The maximum Gasteiger partial charge on any atom is 0.382 e. The Balaban J connectivity index is 2.21. The normalized spacial score (nSPS) is 13.4. The molecule has 2 aromatic rings. The number of esters is 1. The van der Waals surface area contributed by atoms with Gasteiger partial charge in [-0.2, -0.15) is 8.78 Å². The standard InChI is InChI=1S/C21H23F5NO4P/c1-12(20(28)29-11-10-21(2,3)4)27-32(30-13-8-6-5-7-9-13)31-19-17(25)15(23)14(22)16(24)18(19)26/h5-9,12,27H,10-11H2,1-4H3/t12-,32?/m0/s1. The van der Waals surface area contributed by atoms with E-state index >= 15 is 0 Å². The third-order valence-electron chi connectivity index (χ3n) is 4.02. The fourth-order valence-electron chi connectivity index (χ4n) is 2.19. The molecule has 0 saturated carbocycles. The van der Waals surface area contributed by atoms with Gasteiger partial charge in [-0.15, -0.1) is 0 Å². The van der Waals surface area contributed by atoms with Crippen LogP contribution in [0.25, 0.3) is 0 Å². The molecule has 2 rings (SSSR count). The van der Waals surface area contributed by atoms with Gasteiger partial charge in [-0.25, -0.2) is 18.3 Å². The minimum Gasteiger partial charge on any atom is -0.465 e. The van der Waals surface area contributed by atoms with Gasteiger partial charge in [-0.1, -0.05) is 39.0 Å². The van der Waals surface area contributed by atoms with Crippen molar-refractivity contribution in [2.45, 2.75) is 40.2 Å². The summed E-state index contributed by atoms with van der Waals surface area (Å²) in [6, 6.07) is 6.72. The lowest BCUT2D eigenvalue weighted by Crippen LogP contribution is -2.34. The number of ether oxygens (including phenoxy) is 1. The van der Waals surface area contributed by atoms with Crippen LogP contribution in [0.15, 0.2) is 30.3 Å². The number of carbonyl (C=O) groups is 1. The molecule has 2 atom stereocenters. The molecule has 5 nitrogen and oxygen atoms in total. The molecular weight excluding hydrogens is 456 g/mol. The average molecular weight is 479 g/mol. The topological polar surface area (TPSA) is 56.8 Å². The average Bonchev–Trinajstić information content (AvgIpc) is 2.73. The first-order chi connectivity index (χ1) is 14.9. The number of para-hydroxylation sites is 1. The Hall–Kier alpha value is -2.45. The van der Waals surface area contributed by atoms with Gasteiger partial charge in [0.25, 0.3) is 0 Å². The van der Waals surface area contributed by atoms with E-state index < -0.39 is 55.4 Å². The van der Waals surface area contributed by atoms with Gasteiger partial charge in [0, 0.05) is 0 Å². The van der Waals surface area contributed by atoms with Crippen LogP contribution in [0.3, 0.4) is 0 Å². The molecule has 2 aromatic carbocycles. The van der Waals surface area contributed by atoms with E-state index in [0.717, 1.165) is 0 Å². The molecule has 0 aliphatic rings. The van der Waals surface area contributed by atoms with Crippen LogP contribution < -0.4 is 14.1 Å². The molecule has 0 bridgehead atoms. The maximum atomic E-state index is 14.1. The van der Waals surface area contributed by atoms with Crippen molar-refractivity contribution in [2.24, 2.45) is 5.41 Å². The summed E-state index contributed by atoms with van der Waals surface area (Å²) in [5, 5.41) is 2.54. The Bertz CT molecular complexity index is 911. The van der Waals surface area contributed by atoms with Crippen molar-refractivity contribution >= 4 is 14.5 Å². The van der Waals surface area contributed by atoms with Gasteiger partial charge < -0.3 is 13.8 Å². The molecule has 0 radical (unpaired) electrons. The van der Waals surface area contributed by atoms with Crippen molar-refractivity contribution in [3.05, 3.63) is 59.4 Å². The van der Waals surface area contributed by atoms with E-state index in [1.165, 1.54) is 19.1 Å². The van der Waals surface area contributed by atoms with E-state index in [2.05, 4.69) is 5.09 Å². The molecule has 11 heteroatoms. The van der Waals surface area contributed by atoms with Gasteiger partial charge in [0.05, 0.1) is 6.61 Å². The summed E-state index contributed by atoms with van der Waals surface area (Å²) in [5.41, 5.74) is -0.0745. The number of hydrogen-bond acceptors (Lipinski definition) is 5. The number of carbonyl (C=O) groups excluding carboxylic acids is 1. The second kappa shape index (κ2) is 10.9. The van der Waals surface area contributed by atoms with Crippen LogP contribution in [0, 0.1) is 34.5 Å². The first-order valence-electron chi connectivity index (χ1n) is 9.56. The molecule has 0 amide bonds. The SMILES string of the molecule is C[C@H](NP(Oc1ccccc1)Oc1c(F)c(F)c(F)c(F)c1F)C(=O)OCCC(C)(C)C. The predicted molar refractivity (Wildman–Crippen MR) is 108 cm³/mol. The highest BCUT2D eigenvalue weighted by Gasteiger charge is 2.32.